The minimum absolute atomic E-state index is 0.862. The van der Waals surface area contributed by atoms with E-state index < -0.39 is 0 Å². The van der Waals surface area contributed by atoms with E-state index >= 15 is 0 Å². The van der Waals surface area contributed by atoms with E-state index in [0.29, 0.717) is 0 Å². The highest BCUT2D eigenvalue weighted by Gasteiger charge is 2.04. The molecule has 1 aromatic heterocycles. The number of hydrogen-bond donors (Lipinski definition) is 0. The summed E-state index contributed by atoms with van der Waals surface area (Å²) in [6.45, 7) is 2.17. The van der Waals surface area contributed by atoms with E-state index in [-0.39, 0.29) is 0 Å². The average molecular weight is 161 g/mol. The van der Waals surface area contributed by atoms with Crippen molar-refractivity contribution in [3.8, 4) is 0 Å². The Kier molecular flexibility index (Phi) is 1.71. The molecule has 0 aliphatic heterocycles. The predicted molar refractivity (Wildman–Crippen MR) is 51.1 cm³/mol. The van der Waals surface area contributed by atoms with E-state index in [1.807, 2.05) is 0 Å². The van der Waals surface area contributed by atoms with Gasteiger partial charge in [-0.25, -0.2) is 0 Å². The van der Waals surface area contributed by atoms with Crippen LogP contribution < -0.4 is 0 Å². The highest BCUT2D eigenvalue weighted by Crippen LogP contribution is 2.31. The zero-order valence-electron chi connectivity index (χ0n) is 6.52. The minimum atomic E-state index is 0.862. The lowest BCUT2D eigenvalue weighted by atomic mass is 10.2. The summed E-state index contributed by atoms with van der Waals surface area (Å²) < 4.78 is 0. The smallest absolute Gasteiger partial charge is 0.00138 e. The third kappa shape index (κ3) is 1.19. The van der Waals surface area contributed by atoms with Crippen molar-refractivity contribution in [1.82, 2.24) is 0 Å². The Morgan fingerprint density at radius 1 is 1.55 bits per heavy atom. The molecule has 1 heteroatoms. The molecule has 0 spiro atoms. The van der Waals surface area contributed by atoms with Crippen LogP contribution >= 0.6 is 8.19 Å². The molecule has 1 unspecified atom stereocenters. The molecule has 1 atom stereocenters. The molecule has 11 heavy (non-hydrogen) atoms. The van der Waals surface area contributed by atoms with Crippen LogP contribution in [0.15, 0.2) is 24.0 Å². The maximum atomic E-state index is 3.34. The zero-order chi connectivity index (χ0) is 7.68. The fraction of sp³-hybridized carbons (Fsp3) is 0.200. The summed E-state index contributed by atoms with van der Waals surface area (Å²) in [5.41, 5.74) is 2.74. The van der Waals surface area contributed by atoms with Gasteiger partial charge >= 0.3 is 0 Å². The first kappa shape index (κ1) is 6.94. The molecule has 1 aliphatic rings. The number of rotatable bonds is 1. The topological polar surface area (TPSA) is 0 Å². The molecule has 1 radical (unpaired) electrons. The van der Waals surface area contributed by atoms with E-state index in [4.69, 9.17) is 0 Å². The third-order valence-corrected chi connectivity index (χ3v) is 3.21. The zero-order valence-corrected chi connectivity index (χ0v) is 7.52. The molecule has 1 heterocycles. The van der Waals surface area contributed by atoms with E-state index in [9.17, 15) is 0 Å². The summed E-state index contributed by atoms with van der Waals surface area (Å²) in [7, 11) is 0.862. The van der Waals surface area contributed by atoms with Crippen LogP contribution in [0.2, 0.25) is 0 Å². The van der Waals surface area contributed by atoms with Gasteiger partial charge in [-0.2, -0.15) is 0 Å². The first-order valence-corrected chi connectivity index (χ1v) is 4.87. The van der Waals surface area contributed by atoms with Crippen molar-refractivity contribution in [1.29, 1.82) is 0 Å². The Hall–Kier alpha value is -0.740. The minimum Gasteiger partial charge on any atom is -0.131 e. The van der Waals surface area contributed by atoms with Crippen LogP contribution in [0.25, 0.3) is 5.57 Å². The molecule has 0 N–H and O–H groups in total. The molecule has 1 aromatic rings. The van der Waals surface area contributed by atoms with Crippen molar-refractivity contribution in [3.05, 3.63) is 41.0 Å². The molecule has 0 amide bonds. The second-order valence-corrected chi connectivity index (χ2v) is 3.85. The van der Waals surface area contributed by atoms with Crippen LogP contribution in [0.3, 0.4) is 0 Å². The van der Waals surface area contributed by atoms with Crippen molar-refractivity contribution in [2.45, 2.75) is 13.3 Å². The largest absolute Gasteiger partial charge is 0.131 e. The standard InChI is InChI=1S/C10H10P/c1-8-6-7-11-10(8)9-4-2-3-5-9/h2,4,6-7,11H,3H2,1H3. The van der Waals surface area contributed by atoms with Crippen molar-refractivity contribution in [2.75, 3.05) is 0 Å². The SMILES string of the molecule is Cc1cc[pH]c1C1=[C]CC=C1. The van der Waals surface area contributed by atoms with Gasteiger partial charge in [0.15, 0.2) is 0 Å². The molecule has 55 valence electrons. The van der Waals surface area contributed by atoms with Crippen LogP contribution in [-0.4, -0.2) is 0 Å². The molecule has 0 aromatic carbocycles. The van der Waals surface area contributed by atoms with Crippen LogP contribution in [0.5, 0.6) is 0 Å². The second-order valence-electron chi connectivity index (χ2n) is 2.73. The van der Waals surface area contributed by atoms with E-state index in [1.165, 1.54) is 16.4 Å². The maximum absolute atomic E-state index is 3.34. The Morgan fingerprint density at radius 3 is 3.00 bits per heavy atom. The van der Waals surface area contributed by atoms with E-state index in [2.05, 4.69) is 37.0 Å². The van der Waals surface area contributed by atoms with Crippen LogP contribution in [0, 0.1) is 13.0 Å². The summed E-state index contributed by atoms with van der Waals surface area (Å²) in [4.78, 5) is 0. The van der Waals surface area contributed by atoms with Gasteiger partial charge < -0.3 is 0 Å². The Morgan fingerprint density at radius 2 is 2.45 bits per heavy atom. The van der Waals surface area contributed by atoms with Gasteiger partial charge in [0.1, 0.15) is 0 Å². The molecule has 0 saturated carbocycles. The van der Waals surface area contributed by atoms with Crippen molar-refractivity contribution in [2.24, 2.45) is 0 Å². The average Bonchev–Trinajstić information content (AvgIpc) is 2.55. The molecule has 2 rings (SSSR count). The van der Waals surface area contributed by atoms with Crippen molar-refractivity contribution < 1.29 is 0 Å². The van der Waals surface area contributed by atoms with Gasteiger partial charge in [-0.15, -0.1) is 8.19 Å². The normalized spacial score (nSPS) is 16.3. The fourth-order valence-corrected chi connectivity index (χ4v) is 2.45. The molecule has 0 saturated heterocycles. The summed E-state index contributed by atoms with van der Waals surface area (Å²) in [5, 5.41) is 1.48. The van der Waals surface area contributed by atoms with Gasteiger partial charge in [0.2, 0.25) is 0 Å². The molecule has 1 aliphatic carbocycles. The fourth-order valence-electron chi connectivity index (χ4n) is 1.31. The highest BCUT2D eigenvalue weighted by molar-refractivity contribution is 7.31. The Bertz CT molecular complexity index is 315. The van der Waals surface area contributed by atoms with Gasteiger partial charge in [0, 0.05) is 5.30 Å². The highest BCUT2D eigenvalue weighted by atomic mass is 31.0. The number of hydrogen-bond acceptors (Lipinski definition) is 0. The van der Waals surface area contributed by atoms with Gasteiger partial charge in [0.25, 0.3) is 0 Å². The second kappa shape index (κ2) is 2.71. The molecule has 0 nitrogen and oxygen atoms in total. The van der Waals surface area contributed by atoms with Crippen LogP contribution in [0.4, 0.5) is 0 Å². The van der Waals surface area contributed by atoms with Crippen LogP contribution in [0.1, 0.15) is 17.3 Å². The summed E-state index contributed by atoms with van der Waals surface area (Å²) in [6.07, 6.45) is 8.68. The van der Waals surface area contributed by atoms with E-state index in [1.54, 1.807) is 0 Å². The Balaban J connectivity index is 2.43. The van der Waals surface area contributed by atoms with Gasteiger partial charge in [-0.3, -0.25) is 0 Å². The van der Waals surface area contributed by atoms with Gasteiger partial charge in [-0.1, -0.05) is 18.2 Å². The third-order valence-electron chi connectivity index (χ3n) is 1.92. The first-order chi connectivity index (χ1) is 5.38. The maximum Gasteiger partial charge on any atom is 0.00138 e. The summed E-state index contributed by atoms with van der Waals surface area (Å²) in [6, 6.07) is 2.20. The summed E-state index contributed by atoms with van der Waals surface area (Å²) >= 11 is 0. The lowest BCUT2D eigenvalue weighted by Crippen LogP contribution is -1.74. The van der Waals surface area contributed by atoms with E-state index in [0.717, 1.165) is 14.6 Å². The van der Waals surface area contributed by atoms with Crippen molar-refractivity contribution >= 4 is 13.8 Å². The summed E-state index contributed by atoms with van der Waals surface area (Å²) in [5.74, 6) is 2.24. The molecule has 0 bridgehead atoms. The van der Waals surface area contributed by atoms with Crippen LogP contribution in [-0.2, 0) is 0 Å². The lowest BCUT2D eigenvalue weighted by Gasteiger charge is -1.96. The monoisotopic (exact) mass is 161 g/mol. The van der Waals surface area contributed by atoms with Gasteiger partial charge in [-0.05, 0) is 36.4 Å². The lowest BCUT2D eigenvalue weighted by molar-refractivity contribution is 1.40. The first-order valence-electron chi connectivity index (χ1n) is 3.79. The quantitative estimate of drug-likeness (QED) is 0.593. The molecular formula is C10H10P. The number of aryl methyl sites for hydroxylation is 1. The molecular weight excluding hydrogens is 151 g/mol. The Labute approximate surface area is 68.7 Å². The van der Waals surface area contributed by atoms with Gasteiger partial charge in [0.05, 0.1) is 0 Å². The predicted octanol–water partition coefficient (Wildman–Crippen LogP) is 3.17. The number of allylic oxidation sites excluding steroid dienone is 4. The van der Waals surface area contributed by atoms with Crippen molar-refractivity contribution in [3.63, 3.8) is 0 Å². The molecule has 0 fully saturated rings.